The number of non-ortho nitro benzene ring substituents is 1. The number of alkyl carbamates (subject to hydrolysis) is 1. The van der Waals surface area contributed by atoms with Gasteiger partial charge in [0.05, 0.1) is 29.1 Å². The fourth-order valence-corrected chi connectivity index (χ4v) is 6.45. The van der Waals surface area contributed by atoms with Gasteiger partial charge in [-0.05, 0) is 30.0 Å². The van der Waals surface area contributed by atoms with Crippen molar-refractivity contribution >= 4 is 29.6 Å². The highest BCUT2D eigenvalue weighted by Gasteiger charge is 2.37. The van der Waals surface area contributed by atoms with Gasteiger partial charge in [-0.3, -0.25) is 14.6 Å². The van der Waals surface area contributed by atoms with Gasteiger partial charge < -0.3 is 24.6 Å². The number of carbonyl (C=O) groups is 1. The molecule has 3 rings (SSSR count). The van der Waals surface area contributed by atoms with Gasteiger partial charge in [0, 0.05) is 31.6 Å². The van der Waals surface area contributed by atoms with Gasteiger partial charge in [0.25, 0.3) is 5.69 Å². The molecule has 2 aromatic rings. The molecule has 2 aromatic carbocycles. The summed E-state index contributed by atoms with van der Waals surface area (Å²) in [5.74, 6) is -0.230. The highest BCUT2D eigenvalue weighted by molar-refractivity contribution is 7.89. The number of hydrogen-bond acceptors (Lipinski definition) is 9. The van der Waals surface area contributed by atoms with Crippen LogP contribution >= 0.6 is 7.82 Å². The maximum Gasteiger partial charge on any atom is 0.469 e. The highest BCUT2D eigenvalue weighted by atomic mass is 32.2. The maximum atomic E-state index is 13.7. The minimum absolute atomic E-state index is 0.0227. The average molecular weight is 616 g/mol. The molecular formula is C25H34N3O11PS. The first kappa shape index (κ1) is 32.6. The minimum Gasteiger partial charge on any atom is -0.444 e. The molecule has 3 atom stereocenters. The normalized spacial score (nSPS) is 17.4. The van der Waals surface area contributed by atoms with Crippen molar-refractivity contribution in [3.63, 3.8) is 0 Å². The minimum atomic E-state index is -5.19. The van der Waals surface area contributed by atoms with E-state index >= 15 is 0 Å². The largest absolute Gasteiger partial charge is 0.469 e. The molecular weight excluding hydrogens is 581 g/mol. The number of benzene rings is 2. The van der Waals surface area contributed by atoms with Crippen molar-refractivity contribution in [2.24, 2.45) is 5.92 Å². The van der Waals surface area contributed by atoms with Crippen molar-refractivity contribution < 1.29 is 46.5 Å². The molecule has 0 aliphatic carbocycles. The van der Waals surface area contributed by atoms with Crippen molar-refractivity contribution in [1.82, 2.24) is 9.62 Å². The van der Waals surface area contributed by atoms with E-state index in [1.165, 1.54) is 0 Å². The molecule has 3 N–H and O–H groups in total. The number of hydrogen-bond donors (Lipinski definition) is 3. The van der Waals surface area contributed by atoms with Crippen molar-refractivity contribution in [3.8, 4) is 0 Å². The molecule has 0 radical (unpaired) electrons. The number of nitro benzene ring substituents is 1. The lowest BCUT2D eigenvalue weighted by molar-refractivity contribution is -0.384. The zero-order valence-corrected chi connectivity index (χ0v) is 24.3. The monoisotopic (exact) mass is 615 g/mol. The molecule has 0 saturated carbocycles. The number of rotatable bonds is 14. The van der Waals surface area contributed by atoms with Crippen LogP contribution in [0.15, 0.2) is 59.5 Å². The maximum absolute atomic E-state index is 13.7. The average Bonchev–Trinajstić information content (AvgIpc) is 3.40. The Morgan fingerprint density at radius 1 is 1.17 bits per heavy atom. The van der Waals surface area contributed by atoms with Gasteiger partial charge in [-0.1, -0.05) is 44.2 Å². The van der Waals surface area contributed by atoms with Crippen LogP contribution in [0.25, 0.3) is 0 Å². The second-order valence-electron chi connectivity index (χ2n) is 9.93. The predicted molar refractivity (Wildman–Crippen MR) is 146 cm³/mol. The van der Waals surface area contributed by atoms with Crippen LogP contribution in [0.3, 0.4) is 0 Å². The number of phosphoric ester groups is 1. The van der Waals surface area contributed by atoms with Crippen LogP contribution in [0.5, 0.6) is 0 Å². The quantitative estimate of drug-likeness (QED) is 0.161. The summed E-state index contributed by atoms with van der Waals surface area (Å²) in [7, 11) is -9.52. The second kappa shape index (κ2) is 14.3. The van der Waals surface area contributed by atoms with Crippen LogP contribution in [-0.2, 0) is 35.0 Å². The standard InChI is InChI=1S/C25H34N3O11PS/c1-18(2)15-27(41(35,36)22-10-8-20(9-11-22)28(30)31)16-24(39-40(32,33)34)23(14-19-6-4-3-5-7-19)26-25(29)38-21-12-13-37-17-21/h3-11,18,21,23-24H,12-17H2,1-2H3,(H,26,29)(H2,32,33,34)/t21-,23?,24?/m0/s1. The summed E-state index contributed by atoms with van der Waals surface area (Å²) in [6.45, 7) is 3.47. The molecule has 1 saturated heterocycles. The fourth-order valence-electron chi connectivity index (χ4n) is 4.26. The van der Waals surface area contributed by atoms with E-state index in [0.717, 1.165) is 28.6 Å². The first-order chi connectivity index (χ1) is 19.2. The molecule has 226 valence electrons. The van der Waals surface area contributed by atoms with E-state index in [9.17, 15) is 37.7 Å². The topological polar surface area (TPSA) is 195 Å². The van der Waals surface area contributed by atoms with E-state index in [0.29, 0.717) is 18.6 Å². The number of ether oxygens (including phenoxy) is 2. The van der Waals surface area contributed by atoms with Crippen LogP contribution in [0, 0.1) is 16.0 Å². The van der Waals surface area contributed by atoms with E-state index in [4.69, 9.17) is 14.0 Å². The summed E-state index contributed by atoms with van der Waals surface area (Å²) >= 11 is 0. The van der Waals surface area contributed by atoms with Gasteiger partial charge >= 0.3 is 13.9 Å². The molecule has 0 bridgehead atoms. The lowest BCUT2D eigenvalue weighted by Crippen LogP contribution is -2.52. The zero-order valence-electron chi connectivity index (χ0n) is 22.6. The molecule has 0 aromatic heterocycles. The summed E-state index contributed by atoms with van der Waals surface area (Å²) in [4.78, 5) is 42.5. The Morgan fingerprint density at radius 3 is 2.37 bits per heavy atom. The number of nitrogens with zero attached hydrogens (tertiary/aromatic N) is 2. The van der Waals surface area contributed by atoms with E-state index in [2.05, 4.69) is 5.32 Å². The Kier molecular flexibility index (Phi) is 11.4. The van der Waals surface area contributed by atoms with Crippen LogP contribution in [0.4, 0.5) is 10.5 Å². The molecule has 1 amide bonds. The number of sulfonamides is 1. The Hall–Kier alpha value is -2.91. The van der Waals surface area contributed by atoms with Gasteiger partial charge in [0.15, 0.2) is 0 Å². The number of phosphoric acid groups is 1. The van der Waals surface area contributed by atoms with E-state index in [1.54, 1.807) is 44.2 Å². The first-order valence-corrected chi connectivity index (χ1v) is 15.8. The smallest absolute Gasteiger partial charge is 0.444 e. The molecule has 1 aliphatic rings. The predicted octanol–water partition coefficient (Wildman–Crippen LogP) is 2.85. The fraction of sp³-hybridized carbons (Fsp3) is 0.480. The van der Waals surface area contributed by atoms with E-state index in [1.807, 2.05) is 0 Å². The SMILES string of the molecule is CC(C)CN(CC(OP(=O)(O)O)C(Cc1ccccc1)NC(=O)O[C@H]1CCOC1)S(=O)(=O)c1ccc([N+](=O)[O-])cc1. The Morgan fingerprint density at radius 2 is 1.83 bits per heavy atom. The number of amides is 1. The second-order valence-corrected chi connectivity index (χ2v) is 13.1. The van der Waals surface area contributed by atoms with Crippen LogP contribution in [-0.4, -0.2) is 78.1 Å². The lowest BCUT2D eigenvalue weighted by atomic mass is 10.0. The summed E-state index contributed by atoms with van der Waals surface area (Å²) in [5.41, 5.74) is 0.371. The Balaban J connectivity index is 1.97. The molecule has 16 heteroatoms. The van der Waals surface area contributed by atoms with Crippen molar-refractivity contribution in [3.05, 3.63) is 70.3 Å². The molecule has 0 spiro atoms. The van der Waals surface area contributed by atoms with Gasteiger partial charge in [0.1, 0.15) is 12.2 Å². The summed E-state index contributed by atoms with van der Waals surface area (Å²) in [5, 5.41) is 13.6. The molecule has 14 nitrogen and oxygen atoms in total. The summed E-state index contributed by atoms with van der Waals surface area (Å²) in [6.07, 6.45) is -2.41. The number of nitro groups is 1. The van der Waals surface area contributed by atoms with E-state index in [-0.39, 0.29) is 36.1 Å². The Labute approximate surface area is 238 Å². The third kappa shape index (κ3) is 10.1. The molecule has 2 unspecified atom stereocenters. The zero-order chi connectivity index (χ0) is 30.2. The third-order valence-electron chi connectivity index (χ3n) is 6.12. The van der Waals surface area contributed by atoms with Gasteiger partial charge in [-0.2, -0.15) is 4.31 Å². The molecule has 1 heterocycles. The molecule has 41 heavy (non-hydrogen) atoms. The summed E-state index contributed by atoms with van der Waals surface area (Å²) in [6, 6.07) is 11.8. The van der Waals surface area contributed by atoms with Crippen molar-refractivity contribution in [2.45, 2.75) is 49.8 Å². The van der Waals surface area contributed by atoms with Gasteiger partial charge in [-0.25, -0.2) is 17.8 Å². The van der Waals surface area contributed by atoms with Crippen LogP contribution in [0.1, 0.15) is 25.8 Å². The summed E-state index contributed by atoms with van der Waals surface area (Å²) < 4.78 is 56.1. The third-order valence-corrected chi connectivity index (χ3v) is 8.51. The number of carbonyl (C=O) groups excluding carboxylic acids is 1. The lowest BCUT2D eigenvalue weighted by Gasteiger charge is -2.33. The van der Waals surface area contributed by atoms with Crippen molar-refractivity contribution in [1.29, 1.82) is 0 Å². The van der Waals surface area contributed by atoms with Gasteiger partial charge in [-0.15, -0.1) is 0 Å². The van der Waals surface area contributed by atoms with Crippen LogP contribution < -0.4 is 5.32 Å². The van der Waals surface area contributed by atoms with Crippen molar-refractivity contribution in [2.75, 3.05) is 26.3 Å². The Bertz CT molecular complexity index is 1310. The molecule has 1 fully saturated rings. The highest BCUT2D eigenvalue weighted by Crippen LogP contribution is 2.39. The first-order valence-electron chi connectivity index (χ1n) is 12.8. The molecule has 1 aliphatic heterocycles. The van der Waals surface area contributed by atoms with Gasteiger partial charge in [0.2, 0.25) is 10.0 Å². The van der Waals surface area contributed by atoms with Crippen LogP contribution in [0.2, 0.25) is 0 Å². The van der Waals surface area contributed by atoms with E-state index < -0.39 is 53.7 Å². The number of nitrogens with one attached hydrogen (secondary N) is 1.